The Morgan fingerprint density at radius 2 is 1.81 bits per heavy atom. The maximum atomic E-state index is 12.3. The molecule has 8 nitrogen and oxygen atoms in total. The van der Waals surface area contributed by atoms with Gasteiger partial charge in [0.1, 0.15) is 17.7 Å². The van der Waals surface area contributed by atoms with Crippen molar-refractivity contribution in [2.24, 2.45) is 0 Å². The van der Waals surface area contributed by atoms with Crippen molar-refractivity contribution in [2.45, 2.75) is 31.9 Å². The van der Waals surface area contributed by atoms with E-state index in [-0.39, 0.29) is 12.5 Å². The van der Waals surface area contributed by atoms with Gasteiger partial charge in [-0.3, -0.25) is 4.79 Å². The van der Waals surface area contributed by atoms with Crippen LogP contribution in [0, 0.1) is 0 Å². The maximum Gasteiger partial charge on any atom is 0.410 e. The van der Waals surface area contributed by atoms with E-state index in [2.05, 4.69) is 5.32 Å². The van der Waals surface area contributed by atoms with Crippen LogP contribution < -0.4 is 5.32 Å². The van der Waals surface area contributed by atoms with Crippen LogP contribution in [0.15, 0.2) is 30.3 Å². The highest BCUT2D eigenvalue weighted by atomic mass is 16.7. The summed E-state index contributed by atoms with van der Waals surface area (Å²) in [4.78, 5) is 43.3. The molecule has 2 saturated heterocycles. The molecular weight excluding hydrogens is 338 g/mol. The Hall–Kier alpha value is -2.61. The quantitative estimate of drug-likeness (QED) is 0.851. The number of rotatable bonds is 2. The van der Waals surface area contributed by atoms with Crippen LogP contribution in [0.1, 0.15) is 31.1 Å². The third-order valence-electron chi connectivity index (χ3n) is 4.26. The number of nitrogens with one attached hydrogen (secondary N) is 1. The van der Waals surface area contributed by atoms with Crippen LogP contribution in [0.4, 0.5) is 4.79 Å². The molecule has 140 valence electrons. The molecule has 2 amide bonds. The van der Waals surface area contributed by atoms with E-state index in [1.54, 1.807) is 51.1 Å². The molecule has 0 aromatic heterocycles. The van der Waals surface area contributed by atoms with Crippen molar-refractivity contribution in [3.63, 3.8) is 0 Å². The molecule has 1 aromatic carbocycles. The summed E-state index contributed by atoms with van der Waals surface area (Å²) in [6.45, 7) is 6.25. The van der Waals surface area contributed by atoms with Crippen LogP contribution in [0.5, 0.6) is 0 Å². The van der Waals surface area contributed by atoms with Crippen molar-refractivity contribution < 1.29 is 24.0 Å². The molecule has 3 rings (SSSR count). The number of nitrogens with zero attached hydrogens (tertiary/aromatic N) is 2. The summed E-state index contributed by atoms with van der Waals surface area (Å²) in [7, 11) is 0. The Bertz CT molecular complexity index is 707. The number of carbonyl (C=O) groups excluding carboxylic acids is 3. The number of hydroxylamine groups is 2. The number of ether oxygens (including phenoxy) is 1. The summed E-state index contributed by atoms with van der Waals surface area (Å²) in [5.74, 6) is -0.761. The number of hydrogen-bond acceptors (Lipinski definition) is 6. The zero-order valence-corrected chi connectivity index (χ0v) is 15.2. The van der Waals surface area contributed by atoms with Gasteiger partial charge in [-0.2, -0.15) is 0 Å². The number of likely N-dealkylation sites (tertiary alicyclic amines) is 1. The summed E-state index contributed by atoms with van der Waals surface area (Å²) in [5.41, 5.74) is -0.813. The maximum absolute atomic E-state index is 12.3. The zero-order valence-electron chi connectivity index (χ0n) is 15.2. The molecule has 2 fully saturated rings. The Labute approximate surface area is 152 Å². The minimum absolute atomic E-state index is 0.0687. The predicted molar refractivity (Wildman–Crippen MR) is 92.1 cm³/mol. The Morgan fingerprint density at radius 3 is 2.42 bits per heavy atom. The Balaban J connectivity index is 1.67. The van der Waals surface area contributed by atoms with Gasteiger partial charge in [0.2, 0.25) is 5.91 Å². The van der Waals surface area contributed by atoms with Crippen LogP contribution >= 0.6 is 0 Å². The topological polar surface area (TPSA) is 88.2 Å². The average molecular weight is 361 g/mol. The lowest BCUT2D eigenvalue weighted by Gasteiger charge is -2.55. The van der Waals surface area contributed by atoms with E-state index in [0.717, 1.165) is 0 Å². The van der Waals surface area contributed by atoms with Crippen molar-refractivity contribution in [2.75, 3.05) is 26.2 Å². The molecule has 26 heavy (non-hydrogen) atoms. The van der Waals surface area contributed by atoms with Crippen molar-refractivity contribution in [3.05, 3.63) is 35.9 Å². The summed E-state index contributed by atoms with van der Waals surface area (Å²) in [6.07, 6.45) is -0.422. The fourth-order valence-electron chi connectivity index (χ4n) is 2.95. The monoisotopic (exact) mass is 361 g/mol. The van der Waals surface area contributed by atoms with Gasteiger partial charge in [0.25, 0.3) is 0 Å². The van der Waals surface area contributed by atoms with Crippen molar-refractivity contribution >= 4 is 18.0 Å². The van der Waals surface area contributed by atoms with E-state index < -0.39 is 23.2 Å². The molecule has 0 saturated carbocycles. The molecule has 0 radical (unpaired) electrons. The summed E-state index contributed by atoms with van der Waals surface area (Å²) in [6, 6.07) is 8.57. The van der Waals surface area contributed by atoms with Gasteiger partial charge in [-0.05, 0) is 32.9 Å². The lowest BCUT2D eigenvalue weighted by Crippen LogP contribution is -2.78. The largest absolute Gasteiger partial charge is 0.444 e. The van der Waals surface area contributed by atoms with E-state index in [1.807, 2.05) is 0 Å². The zero-order chi connectivity index (χ0) is 18.9. The Morgan fingerprint density at radius 1 is 1.15 bits per heavy atom. The van der Waals surface area contributed by atoms with Gasteiger partial charge in [-0.15, -0.1) is 5.06 Å². The fraction of sp³-hybridized carbons (Fsp3) is 0.500. The van der Waals surface area contributed by atoms with Crippen LogP contribution in [-0.4, -0.2) is 65.3 Å². The molecule has 0 unspecified atom stereocenters. The highest BCUT2D eigenvalue weighted by Crippen LogP contribution is 2.31. The van der Waals surface area contributed by atoms with Gasteiger partial charge >= 0.3 is 12.1 Å². The highest BCUT2D eigenvalue weighted by molar-refractivity contribution is 5.89. The van der Waals surface area contributed by atoms with Crippen LogP contribution in [0.2, 0.25) is 0 Å². The van der Waals surface area contributed by atoms with Gasteiger partial charge in [-0.25, -0.2) is 9.59 Å². The SMILES string of the molecule is CC(C)(C)OC(=O)N1CC2(CNC(=O)CN2OC(=O)c2ccccc2)C1. The first-order valence-electron chi connectivity index (χ1n) is 8.48. The second-order valence-corrected chi connectivity index (χ2v) is 7.62. The smallest absolute Gasteiger partial charge is 0.410 e. The lowest BCUT2D eigenvalue weighted by molar-refractivity contribution is -0.223. The summed E-state index contributed by atoms with van der Waals surface area (Å²) >= 11 is 0. The van der Waals surface area contributed by atoms with Crippen molar-refractivity contribution in [1.82, 2.24) is 15.3 Å². The van der Waals surface area contributed by atoms with Crippen molar-refractivity contribution in [3.8, 4) is 0 Å². The minimum Gasteiger partial charge on any atom is -0.444 e. The van der Waals surface area contributed by atoms with Crippen LogP contribution in [0.25, 0.3) is 0 Å². The second kappa shape index (κ2) is 6.60. The molecule has 2 aliphatic heterocycles. The third-order valence-corrected chi connectivity index (χ3v) is 4.26. The van der Waals surface area contributed by atoms with Crippen LogP contribution in [-0.2, 0) is 14.4 Å². The minimum atomic E-state index is -0.630. The van der Waals surface area contributed by atoms with E-state index >= 15 is 0 Å². The molecule has 2 heterocycles. The number of amides is 2. The first kappa shape index (κ1) is 18.2. The fourth-order valence-corrected chi connectivity index (χ4v) is 2.95. The van der Waals surface area contributed by atoms with E-state index in [0.29, 0.717) is 25.2 Å². The summed E-state index contributed by atoms with van der Waals surface area (Å²) < 4.78 is 5.36. The number of benzene rings is 1. The first-order valence-corrected chi connectivity index (χ1v) is 8.48. The average Bonchev–Trinajstić information content (AvgIpc) is 2.52. The molecular formula is C18H23N3O5. The third kappa shape index (κ3) is 3.80. The molecule has 0 atom stereocenters. The molecule has 0 aliphatic carbocycles. The van der Waals surface area contributed by atoms with Gasteiger partial charge < -0.3 is 19.8 Å². The Kier molecular flexibility index (Phi) is 4.62. The molecule has 1 aromatic rings. The van der Waals surface area contributed by atoms with E-state index in [4.69, 9.17) is 9.57 Å². The van der Waals surface area contributed by atoms with E-state index in [9.17, 15) is 14.4 Å². The van der Waals surface area contributed by atoms with E-state index in [1.165, 1.54) is 9.96 Å². The van der Waals surface area contributed by atoms with Crippen LogP contribution in [0.3, 0.4) is 0 Å². The highest BCUT2D eigenvalue weighted by Gasteiger charge is 2.55. The van der Waals surface area contributed by atoms with Gasteiger partial charge in [0.15, 0.2) is 0 Å². The first-order chi connectivity index (χ1) is 12.2. The van der Waals surface area contributed by atoms with Gasteiger partial charge in [0.05, 0.1) is 5.56 Å². The molecule has 8 heteroatoms. The number of carbonyl (C=O) groups is 3. The number of piperazine rings is 1. The molecule has 1 spiro atoms. The summed E-state index contributed by atoms with van der Waals surface area (Å²) in [5, 5.41) is 4.17. The molecule has 0 bridgehead atoms. The number of hydrogen-bond donors (Lipinski definition) is 1. The normalized spacial score (nSPS) is 19.5. The van der Waals surface area contributed by atoms with Crippen molar-refractivity contribution in [1.29, 1.82) is 0 Å². The van der Waals surface area contributed by atoms with Gasteiger partial charge in [-0.1, -0.05) is 18.2 Å². The molecule has 1 N–H and O–H groups in total. The van der Waals surface area contributed by atoms with Gasteiger partial charge in [0, 0.05) is 19.6 Å². The predicted octanol–water partition coefficient (Wildman–Crippen LogP) is 1.18. The lowest BCUT2D eigenvalue weighted by atomic mass is 9.88. The standard InChI is InChI=1S/C18H23N3O5/c1-17(2,3)25-16(24)20-11-18(12-20)10-19-14(22)9-21(18)26-15(23)13-7-5-4-6-8-13/h4-8H,9-12H2,1-3H3,(H,19,22). The molecule has 2 aliphatic rings. The second-order valence-electron chi connectivity index (χ2n) is 7.62.